The second kappa shape index (κ2) is 9.28. The number of hydrogen-bond donors (Lipinski definition) is 1. The number of para-hydroxylation sites is 1. The van der Waals surface area contributed by atoms with E-state index in [9.17, 15) is 14.4 Å². The zero-order valence-electron chi connectivity index (χ0n) is 16.0. The number of nitrogens with one attached hydrogen (secondary N) is 1. The minimum Gasteiger partial charge on any atom is -0.493 e. The summed E-state index contributed by atoms with van der Waals surface area (Å²) in [7, 11) is 0. The first-order chi connectivity index (χ1) is 14.0. The molecule has 29 heavy (non-hydrogen) atoms. The lowest BCUT2D eigenvalue weighted by atomic mass is 10.2. The van der Waals surface area contributed by atoms with Gasteiger partial charge in [0.1, 0.15) is 23.9 Å². The number of amides is 1. The van der Waals surface area contributed by atoms with E-state index in [0.29, 0.717) is 35.0 Å². The molecule has 1 N–H and O–H groups in total. The van der Waals surface area contributed by atoms with Crippen LogP contribution in [0.5, 0.6) is 5.75 Å². The maximum Gasteiger partial charge on any atom is 0.325 e. The molecule has 10 heteroatoms. The highest BCUT2D eigenvalue weighted by Gasteiger charge is 2.14. The van der Waals surface area contributed by atoms with E-state index in [2.05, 4.69) is 15.4 Å². The maximum absolute atomic E-state index is 12.3. The topological polar surface area (TPSA) is 112 Å². The van der Waals surface area contributed by atoms with Gasteiger partial charge in [-0.05, 0) is 25.5 Å². The van der Waals surface area contributed by atoms with E-state index in [1.165, 1.54) is 21.9 Å². The monoisotopic (exact) mass is 416 g/mol. The number of aryl methyl sites for hydroxylation is 1. The number of rotatable bonds is 8. The Balaban J connectivity index is 1.57. The molecule has 152 valence electrons. The fraction of sp³-hybridized carbons (Fsp3) is 0.316. The van der Waals surface area contributed by atoms with E-state index in [4.69, 9.17) is 9.47 Å². The van der Waals surface area contributed by atoms with Crippen molar-refractivity contribution in [2.75, 3.05) is 13.2 Å². The molecule has 0 radical (unpaired) electrons. The molecule has 0 saturated carbocycles. The van der Waals surface area contributed by atoms with Crippen molar-refractivity contribution in [1.29, 1.82) is 0 Å². The molecule has 0 aliphatic carbocycles. The van der Waals surface area contributed by atoms with Gasteiger partial charge in [-0.25, -0.2) is 4.98 Å². The van der Waals surface area contributed by atoms with Crippen LogP contribution in [0.2, 0.25) is 0 Å². The second-order valence-corrected chi connectivity index (χ2v) is 6.94. The van der Waals surface area contributed by atoms with E-state index < -0.39 is 11.9 Å². The number of esters is 1. The molecule has 2 heterocycles. The first-order valence-corrected chi connectivity index (χ1v) is 9.87. The molecule has 1 aromatic carbocycles. The summed E-state index contributed by atoms with van der Waals surface area (Å²) < 4.78 is 11.8. The van der Waals surface area contributed by atoms with E-state index in [0.717, 1.165) is 5.01 Å². The van der Waals surface area contributed by atoms with Crippen molar-refractivity contribution in [1.82, 2.24) is 19.9 Å². The maximum atomic E-state index is 12.3. The Bertz CT molecular complexity index is 1090. The Morgan fingerprint density at radius 1 is 1.24 bits per heavy atom. The Labute approximate surface area is 170 Å². The number of hydrogen-bond acceptors (Lipinski definition) is 8. The van der Waals surface area contributed by atoms with Crippen molar-refractivity contribution in [2.24, 2.45) is 0 Å². The van der Waals surface area contributed by atoms with Crippen LogP contribution in [0, 0.1) is 0 Å². The molecule has 0 saturated heterocycles. The minimum absolute atomic E-state index is 0.171. The predicted molar refractivity (Wildman–Crippen MR) is 106 cm³/mol. The summed E-state index contributed by atoms with van der Waals surface area (Å²) in [6, 6.07) is 8.03. The predicted octanol–water partition coefficient (Wildman–Crippen LogP) is 1.59. The average Bonchev–Trinajstić information content (AvgIpc) is 3.15. The lowest BCUT2D eigenvalue weighted by Gasteiger charge is -2.10. The molecular formula is C19H20N4O5S. The molecule has 2 aromatic heterocycles. The van der Waals surface area contributed by atoms with Crippen LogP contribution in [0.15, 0.2) is 35.1 Å². The van der Waals surface area contributed by atoms with E-state index >= 15 is 0 Å². The van der Waals surface area contributed by atoms with Crippen molar-refractivity contribution in [3.8, 4) is 5.75 Å². The van der Waals surface area contributed by atoms with Gasteiger partial charge in [-0.1, -0.05) is 30.4 Å². The fourth-order valence-corrected chi connectivity index (χ4v) is 3.36. The summed E-state index contributed by atoms with van der Waals surface area (Å²) in [5, 5.41) is 7.45. The number of carbonyl (C=O) groups excluding carboxylic acids is 2. The van der Waals surface area contributed by atoms with Gasteiger partial charge >= 0.3 is 5.97 Å². The fourth-order valence-electron chi connectivity index (χ4n) is 2.50. The molecule has 3 rings (SSSR count). The van der Waals surface area contributed by atoms with Crippen LogP contribution in [-0.2, 0) is 22.6 Å². The van der Waals surface area contributed by atoms with Gasteiger partial charge < -0.3 is 14.8 Å². The van der Waals surface area contributed by atoms with Crippen molar-refractivity contribution < 1.29 is 19.1 Å². The van der Waals surface area contributed by atoms with Crippen molar-refractivity contribution in [2.45, 2.75) is 26.9 Å². The summed E-state index contributed by atoms with van der Waals surface area (Å²) in [6.45, 7) is 3.69. The summed E-state index contributed by atoms with van der Waals surface area (Å²) >= 11 is 1.31. The number of aromatic nitrogens is 3. The zero-order chi connectivity index (χ0) is 20.8. The highest BCUT2D eigenvalue weighted by molar-refractivity contribution is 7.16. The van der Waals surface area contributed by atoms with Crippen LogP contribution in [-0.4, -0.2) is 39.6 Å². The molecule has 0 atom stereocenters. The zero-order valence-corrected chi connectivity index (χ0v) is 16.8. The van der Waals surface area contributed by atoms with Gasteiger partial charge in [0.15, 0.2) is 0 Å². The first kappa shape index (κ1) is 20.5. The Morgan fingerprint density at radius 2 is 2.03 bits per heavy atom. The molecular weight excluding hydrogens is 396 g/mol. The van der Waals surface area contributed by atoms with Gasteiger partial charge in [0.05, 0.1) is 17.9 Å². The van der Waals surface area contributed by atoms with Gasteiger partial charge in [0, 0.05) is 6.07 Å². The number of fused-ring (bicyclic) bond motifs is 1. The van der Waals surface area contributed by atoms with E-state index in [1.54, 1.807) is 24.3 Å². The smallest absolute Gasteiger partial charge is 0.325 e. The SMILES string of the molecule is CCOc1ccccc1C(=O)NCC(=O)OCc1cc(=O)n2nc(CC)sc2n1. The normalized spacial score (nSPS) is 10.7. The molecule has 9 nitrogen and oxygen atoms in total. The Morgan fingerprint density at radius 3 is 2.79 bits per heavy atom. The van der Waals surface area contributed by atoms with Crippen LogP contribution in [0.25, 0.3) is 4.96 Å². The number of nitrogens with zero attached hydrogens (tertiary/aromatic N) is 3. The van der Waals surface area contributed by atoms with Crippen LogP contribution >= 0.6 is 11.3 Å². The number of benzene rings is 1. The summed E-state index contributed by atoms with van der Waals surface area (Å²) in [4.78, 5) is 41.1. The Kier molecular flexibility index (Phi) is 6.55. The van der Waals surface area contributed by atoms with Crippen molar-refractivity contribution in [3.63, 3.8) is 0 Å². The average molecular weight is 416 g/mol. The summed E-state index contributed by atoms with van der Waals surface area (Å²) in [6.07, 6.45) is 0.698. The van der Waals surface area contributed by atoms with Crippen LogP contribution in [0.4, 0.5) is 0 Å². The number of carbonyl (C=O) groups is 2. The van der Waals surface area contributed by atoms with Crippen LogP contribution in [0.1, 0.15) is 34.9 Å². The molecule has 0 aliphatic rings. The van der Waals surface area contributed by atoms with Gasteiger partial charge in [-0.3, -0.25) is 14.4 Å². The molecule has 0 bridgehead atoms. The molecule has 0 aliphatic heterocycles. The standard InChI is InChI=1S/C19H20N4O5S/c1-3-15-22-23-16(24)9-12(21-19(23)29-15)11-28-17(25)10-20-18(26)13-7-5-6-8-14(13)27-4-2/h5-9H,3-4,10-11H2,1-2H3,(H,20,26). The molecule has 0 unspecified atom stereocenters. The van der Waals surface area contributed by atoms with Crippen molar-refractivity contribution in [3.05, 3.63) is 57.0 Å². The minimum atomic E-state index is -0.646. The third-order valence-electron chi connectivity index (χ3n) is 3.85. The van der Waals surface area contributed by atoms with Gasteiger partial charge in [0.25, 0.3) is 11.5 Å². The largest absolute Gasteiger partial charge is 0.493 e. The quantitative estimate of drug-likeness (QED) is 0.555. The van der Waals surface area contributed by atoms with Crippen LogP contribution in [0.3, 0.4) is 0 Å². The third kappa shape index (κ3) is 4.96. The summed E-state index contributed by atoms with van der Waals surface area (Å²) in [5.74, 6) is -0.650. The number of ether oxygens (including phenoxy) is 2. The van der Waals surface area contributed by atoms with Crippen LogP contribution < -0.4 is 15.6 Å². The molecule has 0 fully saturated rings. The van der Waals surface area contributed by atoms with Crippen molar-refractivity contribution >= 4 is 28.2 Å². The molecule has 3 aromatic rings. The highest BCUT2D eigenvalue weighted by Crippen LogP contribution is 2.17. The van der Waals surface area contributed by atoms with E-state index in [-0.39, 0.29) is 18.7 Å². The molecule has 0 spiro atoms. The summed E-state index contributed by atoms with van der Waals surface area (Å²) in [5.41, 5.74) is 0.319. The van der Waals surface area contributed by atoms with E-state index in [1.807, 2.05) is 13.8 Å². The van der Waals surface area contributed by atoms with Gasteiger partial charge in [0.2, 0.25) is 4.96 Å². The second-order valence-electron chi connectivity index (χ2n) is 5.90. The molecule has 1 amide bonds. The Hall–Kier alpha value is -3.27. The van der Waals surface area contributed by atoms with Gasteiger partial charge in [-0.15, -0.1) is 0 Å². The lowest BCUT2D eigenvalue weighted by molar-refractivity contribution is -0.143. The first-order valence-electron chi connectivity index (χ1n) is 9.06. The van der Waals surface area contributed by atoms with Gasteiger partial charge in [-0.2, -0.15) is 9.61 Å². The lowest BCUT2D eigenvalue weighted by Crippen LogP contribution is -2.31. The highest BCUT2D eigenvalue weighted by atomic mass is 32.1. The third-order valence-corrected chi connectivity index (χ3v) is 4.90.